The molecule has 11 heteroatoms. The smallest absolute Gasteiger partial charge is 0.271 e. The van der Waals surface area contributed by atoms with Crippen LogP contribution in [0.4, 0.5) is 5.69 Å². The molecule has 44 heavy (non-hydrogen) atoms. The normalized spacial score (nSPS) is 17.8. The lowest BCUT2D eigenvalue weighted by Crippen LogP contribution is -2.49. The summed E-state index contributed by atoms with van der Waals surface area (Å²) < 4.78 is 40.8. The van der Waals surface area contributed by atoms with Crippen molar-refractivity contribution in [3.63, 3.8) is 0 Å². The van der Waals surface area contributed by atoms with Crippen molar-refractivity contribution >= 4 is 33.0 Å². The number of anilines is 1. The molecule has 3 atom stereocenters. The summed E-state index contributed by atoms with van der Waals surface area (Å²) in [4.78, 5) is 17.5. The van der Waals surface area contributed by atoms with E-state index in [1.807, 2.05) is 68.6 Å². The molecule has 0 bridgehead atoms. The Bertz CT molecular complexity index is 1650. The maximum Gasteiger partial charge on any atom is 0.271 e. The molecule has 2 heterocycles. The van der Waals surface area contributed by atoms with Crippen LogP contribution in [0.1, 0.15) is 29.8 Å². The number of fused-ring (bicyclic) bond motifs is 1. The summed E-state index contributed by atoms with van der Waals surface area (Å²) >= 11 is 1.11. The standard InChI is InChI=1S/C33H37N3O6S2/c1-23-19-36(24(2)22-37)33(38)29-18-26(34-44(39,40)32-10-7-17-43-32)13-16-30(29)42-31(23)21-35(3)20-25-11-14-28(15-12-25)41-27-8-5-4-6-9-27/h4-18,23-24,31,34,37H,19-22H2,1-3H3/t23-,24-,31-/m0/s1. The molecule has 0 saturated carbocycles. The first kappa shape index (κ1) is 31.5. The maximum atomic E-state index is 13.7. The first-order chi connectivity index (χ1) is 21.1. The Hall–Kier alpha value is -3.90. The molecule has 1 aromatic heterocycles. The summed E-state index contributed by atoms with van der Waals surface area (Å²) in [6.45, 7) is 5.24. The molecule has 9 nitrogen and oxygen atoms in total. The fourth-order valence-electron chi connectivity index (χ4n) is 5.10. The van der Waals surface area contributed by atoms with E-state index in [9.17, 15) is 18.3 Å². The number of aliphatic hydroxyl groups is 1. The van der Waals surface area contributed by atoms with Crippen molar-refractivity contribution in [2.45, 2.75) is 36.7 Å². The summed E-state index contributed by atoms with van der Waals surface area (Å²) in [7, 11) is -1.78. The van der Waals surface area contributed by atoms with E-state index < -0.39 is 16.1 Å². The second-order valence-corrected chi connectivity index (χ2v) is 14.0. The number of hydrogen-bond donors (Lipinski definition) is 2. The third kappa shape index (κ3) is 7.59. The van der Waals surface area contributed by atoms with E-state index >= 15 is 0 Å². The van der Waals surface area contributed by atoms with E-state index in [0.29, 0.717) is 25.4 Å². The van der Waals surface area contributed by atoms with Gasteiger partial charge in [-0.2, -0.15) is 0 Å². The number of aliphatic hydroxyl groups excluding tert-OH is 1. The Balaban J connectivity index is 1.33. The second-order valence-electron chi connectivity index (χ2n) is 11.1. The molecule has 4 aromatic rings. The van der Waals surface area contributed by atoms with E-state index in [4.69, 9.17) is 9.47 Å². The quantitative estimate of drug-likeness (QED) is 0.218. The largest absolute Gasteiger partial charge is 0.488 e. The molecule has 1 aliphatic rings. The third-order valence-corrected chi connectivity index (χ3v) is 10.3. The minimum absolute atomic E-state index is 0.0535. The highest BCUT2D eigenvalue weighted by Crippen LogP contribution is 2.32. The highest BCUT2D eigenvalue weighted by Gasteiger charge is 2.34. The molecule has 0 fully saturated rings. The van der Waals surface area contributed by atoms with Crippen LogP contribution in [0.25, 0.3) is 0 Å². The van der Waals surface area contributed by atoms with Gasteiger partial charge in [0.25, 0.3) is 15.9 Å². The van der Waals surface area contributed by atoms with E-state index in [-0.39, 0.29) is 40.0 Å². The Morgan fingerprint density at radius 2 is 1.80 bits per heavy atom. The Morgan fingerprint density at radius 1 is 1.07 bits per heavy atom. The van der Waals surface area contributed by atoms with Crippen LogP contribution in [0, 0.1) is 5.92 Å². The molecule has 0 radical (unpaired) electrons. The van der Waals surface area contributed by atoms with Gasteiger partial charge in [-0.3, -0.25) is 14.4 Å². The van der Waals surface area contributed by atoms with Gasteiger partial charge in [-0.15, -0.1) is 11.3 Å². The van der Waals surface area contributed by atoms with E-state index in [1.54, 1.807) is 35.4 Å². The number of carbonyl (C=O) groups is 1. The predicted molar refractivity (Wildman–Crippen MR) is 172 cm³/mol. The summed E-state index contributed by atoms with van der Waals surface area (Å²) in [6, 6.07) is 25.1. The molecular formula is C33H37N3O6S2. The zero-order valence-electron chi connectivity index (χ0n) is 24.9. The van der Waals surface area contributed by atoms with E-state index in [0.717, 1.165) is 28.4 Å². The SMILES string of the molecule is C[C@H]1CN([C@@H](C)CO)C(=O)c2cc(NS(=O)(=O)c3cccs3)ccc2O[C@H]1CN(C)Cc1ccc(Oc2ccccc2)cc1. The van der Waals surface area contributed by atoms with Crippen molar-refractivity contribution < 1.29 is 27.8 Å². The molecule has 0 saturated heterocycles. The van der Waals surface area contributed by atoms with E-state index in [2.05, 4.69) is 9.62 Å². The van der Waals surface area contributed by atoms with Crippen LogP contribution in [-0.4, -0.2) is 68.1 Å². The number of sulfonamides is 1. The minimum atomic E-state index is -3.80. The molecule has 0 aliphatic carbocycles. The average Bonchev–Trinajstić information content (AvgIpc) is 3.57. The number of para-hydroxylation sites is 1. The van der Waals surface area contributed by atoms with Crippen molar-refractivity contribution in [2.24, 2.45) is 5.92 Å². The number of ether oxygens (including phenoxy) is 2. The Kier molecular flexibility index (Phi) is 9.90. The summed E-state index contributed by atoms with van der Waals surface area (Å²) in [5, 5.41) is 11.6. The number of carbonyl (C=O) groups excluding carboxylic acids is 1. The van der Waals surface area contributed by atoms with Gasteiger partial charge in [0.1, 0.15) is 27.6 Å². The van der Waals surface area contributed by atoms with Crippen LogP contribution in [0.5, 0.6) is 17.2 Å². The monoisotopic (exact) mass is 635 g/mol. The molecule has 0 unspecified atom stereocenters. The van der Waals surface area contributed by atoms with Crippen LogP contribution < -0.4 is 14.2 Å². The lowest BCUT2D eigenvalue weighted by molar-refractivity contribution is 0.0341. The number of likely N-dealkylation sites (N-methyl/N-ethyl adjacent to an activating group) is 1. The van der Waals surface area contributed by atoms with Gasteiger partial charge >= 0.3 is 0 Å². The third-order valence-electron chi connectivity index (χ3n) is 7.52. The molecule has 1 aliphatic heterocycles. The van der Waals surface area contributed by atoms with Gasteiger partial charge in [0.05, 0.1) is 18.2 Å². The average molecular weight is 636 g/mol. The number of nitrogens with zero attached hydrogens (tertiary/aromatic N) is 2. The van der Waals surface area contributed by atoms with Gasteiger partial charge in [-0.05, 0) is 73.4 Å². The van der Waals surface area contributed by atoms with Gasteiger partial charge in [0, 0.05) is 31.2 Å². The highest BCUT2D eigenvalue weighted by molar-refractivity contribution is 7.94. The number of nitrogens with one attached hydrogen (secondary N) is 1. The maximum absolute atomic E-state index is 13.7. The summed E-state index contributed by atoms with van der Waals surface area (Å²) in [6.07, 6.45) is -0.283. The fourth-order valence-corrected chi connectivity index (χ4v) is 7.14. The zero-order valence-corrected chi connectivity index (χ0v) is 26.6. The van der Waals surface area contributed by atoms with Crippen LogP contribution in [0.2, 0.25) is 0 Å². The first-order valence-corrected chi connectivity index (χ1v) is 16.8. The lowest BCUT2D eigenvalue weighted by atomic mass is 9.99. The molecule has 1 amide bonds. The molecule has 0 spiro atoms. The number of amides is 1. The van der Waals surface area contributed by atoms with Crippen molar-refractivity contribution in [2.75, 3.05) is 31.5 Å². The fraction of sp³-hybridized carbons (Fsp3) is 0.303. The first-order valence-electron chi connectivity index (χ1n) is 14.4. The van der Waals surface area contributed by atoms with Gasteiger partial charge in [-0.25, -0.2) is 8.42 Å². The van der Waals surface area contributed by atoms with Crippen molar-refractivity contribution in [3.8, 4) is 17.2 Å². The van der Waals surface area contributed by atoms with Crippen molar-refractivity contribution in [1.82, 2.24) is 9.80 Å². The van der Waals surface area contributed by atoms with Crippen molar-refractivity contribution in [1.29, 1.82) is 0 Å². The summed E-state index contributed by atoms with van der Waals surface area (Å²) in [5.74, 6) is 1.54. The topological polar surface area (TPSA) is 108 Å². The zero-order chi connectivity index (χ0) is 31.3. The second kappa shape index (κ2) is 13.8. The van der Waals surface area contributed by atoms with Gasteiger partial charge in [-0.1, -0.05) is 43.3 Å². The Labute approximate surface area is 262 Å². The highest BCUT2D eigenvalue weighted by atomic mass is 32.2. The molecule has 5 rings (SSSR count). The van der Waals surface area contributed by atoms with E-state index in [1.165, 1.54) is 12.1 Å². The number of benzene rings is 3. The van der Waals surface area contributed by atoms with Crippen LogP contribution in [0.3, 0.4) is 0 Å². The Morgan fingerprint density at radius 3 is 2.48 bits per heavy atom. The number of rotatable bonds is 11. The summed E-state index contributed by atoms with van der Waals surface area (Å²) in [5.41, 5.74) is 1.61. The predicted octanol–water partition coefficient (Wildman–Crippen LogP) is 5.69. The molecule has 2 N–H and O–H groups in total. The van der Waals surface area contributed by atoms with Crippen LogP contribution in [-0.2, 0) is 16.6 Å². The lowest BCUT2D eigenvalue weighted by Gasteiger charge is -2.38. The number of hydrogen-bond acceptors (Lipinski definition) is 8. The van der Waals surface area contributed by atoms with Crippen molar-refractivity contribution in [3.05, 3.63) is 101 Å². The minimum Gasteiger partial charge on any atom is -0.488 e. The van der Waals surface area contributed by atoms with Gasteiger partial charge < -0.3 is 19.5 Å². The molecular weight excluding hydrogens is 599 g/mol. The number of thiophene rings is 1. The van der Waals surface area contributed by atoms with Gasteiger partial charge in [0.15, 0.2) is 0 Å². The molecule has 232 valence electrons. The van der Waals surface area contributed by atoms with Gasteiger partial charge in [0.2, 0.25) is 0 Å². The van der Waals surface area contributed by atoms with Crippen LogP contribution in [0.15, 0.2) is 94.5 Å². The van der Waals surface area contributed by atoms with Crippen LogP contribution >= 0.6 is 11.3 Å². The molecule has 3 aromatic carbocycles.